The van der Waals surface area contributed by atoms with E-state index in [-0.39, 0.29) is 11.9 Å². The van der Waals surface area contributed by atoms with E-state index in [0.29, 0.717) is 12.1 Å². The summed E-state index contributed by atoms with van der Waals surface area (Å²) >= 11 is 0. The molecule has 0 saturated carbocycles. The second kappa shape index (κ2) is 5.76. The molecule has 2 heterocycles. The maximum absolute atomic E-state index is 12.9. The first-order valence-corrected chi connectivity index (χ1v) is 6.74. The zero-order valence-corrected chi connectivity index (χ0v) is 10.8. The minimum atomic E-state index is -1.00. The third-order valence-corrected chi connectivity index (χ3v) is 3.85. The summed E-state index contributed by atoms with van der Waals surface area (Å²) in [6, 6.07) is 2.95. The van der Waals surface area contributed by atoms with E-state index in [9.17, 15) is 9.50 Å². The highest BCUT2D eigenvalue weighted by Crippen LogP contribution is 2.31. The number of aliphatic hydroxyl groups is 1. The van der Waals surface area contributed by atoms with Crippen LogP contribution < -0.4 is 5.32 Å². The number of rotatable bonds is 3. The van der Waals surface area contributed by atoms with Gasteiger partial charge in [0.2, 0.25) is 0 Å². The van der Waals surface area contributed by atoms with Crippen molar-refractivity contribution in [2.75, 3.05) is 6.54 Å². The number of aromatic nitrogens is 1. The van der Waals surface area contributed by atoms with Crippen LogP contribution in [0, 0.1) is 5.82 Å². The molecule has 0 spiro atoms. The molecule has 2 unspecified atom stereocenters. The SMILES string of the molecule is CCC(O)(c1ccc(F)cn1)C1CCCCCN1. The van der Waals surface area contributed by atoms with Gasteiger partial charge in [-0.3, -0.25) is 4.98 Å². The minimum Gasteiger partial charge on any atom is -0.382 e. The highest BCUT2D eigenvalue weighted by atomic mass is 19.1. The first-order valence-electron chi connectivity index (χ1n) is 6.74. The Morgan fingerprint density at radius 2 is 2.28 bits per heavy atom. The highest BCUT2D eigenvalue weighted by Gasteiger charge is 2.38. The van der Waals surface area contributed by atoms with Gasteiger partial charge in [-0.2, -0.15) is 0 Å². The van der Waals surface area contributed by atoms with Crippen molar-refractivity contribution in [1.29, 1.82) is 0 Å². The molecule has 0 bridgehead atoms. The van der Waals surface area contributed by atoms with Crippen LogP contribution >= 0.6 is 0 Å². The lowest BCUT2D eigenvalue weighted by atomic mass is 9.85. The lowest BCUT2D eigenvalue weighted by Crippen LogP contribution is -2.48. The quantitative estimate of drug-likeness (QED) is 0.868. The van der Waals surface area contributed by atoms with Crippen molar-refractivity contribution in [2.45, 2.75) is 50.7 Å². The number of halogens is 1. The van der Waals surface area contributed by atoms with Gasteiger partial charge >= 0.3 is 0 Å². The van der Waals surface area contributed by atoms with Crippen molar-refractivity contribution >= 4 is 0 Å². The number of nitrogens with one attached hydrogen (secondary N) is 1. The monoisotopic (exact) mass is 252 g/mol. The second-order valence-corrected chi connectivity index (χ2v) is 5.00. The van der Waals surface area contributed by atoms with Gasteiger partial charge in [0.1, 0.15) is 11.4 Å². The summed E-state index contributed by atoms with van der Waals surface area (Å²) in [6.45, 7) is 2.87. The van der Waals surface area contributed by atoms with Crippen LogP contribution in [0.15, 0.2) is 18.3 Å². The van der Waals surface area contributed by atoms with E-state index in [1.165, 1.54) is 18.7 Å². The third kappa shape index (κ3) is 2.70. The molecule has 1 aliphatic rings. The molecular weight excluding hydrogens is 231 g/mol. The molecule has 1 saturated heterocycles. The Hall–Kier alpha value is -1.00. The van der Waals surface area contributed by atoms with Crippen LogP contribution in [0.2, 0.25) is 0 Å². The number of nitrogens with zero attached hydrogens (tertiary/aromatic N) is 1. The van der Waals surface area contributed by atoms with Gasteiger partial charge in [-0.05, 0) is 37.9 Å². The Balaban J connectivity index is 2.25. The Morgan fingerprint density at radius 1 is 1.44 bits per heavy atom. The highest BCUT2D eigenvalue weighted by molar-refractivity contribution is 5.17. The summed E-state index contributed by atoms with van der Waals surface area (Å²) in [5.41, 5.74) is -0.441. The van der Waals surface area contributed by atoms with Crippen molar-refractivity contribution in [3.8, 4) is 0 Å². The summed E-state index contributed by atoms with van der Waals surface area (Å²) in [7, 11) is 0. The molecule has 0 amide bonds. The fourth-order valence-electron chi connectivity index (χ4n) is 2.67. The minimum absolute atomic E-state index is 0.00274. The summed E-state index contributed by atoms with van der Waals surface area (Å²) in [4.78, 5) is 4.06. The van der Waals surface area contributed by atoms with Gasteiger partial charge in [0.15, 0.2) is 0 Å². The molecule has 3 nitrogen and oxygen atoms in total. The van der Waals surface area contributed by atoms with Gasteiger partial charge in [0, 0.05) is 6.04 Å². The lowest BCUT2D eigenvalue weighted by Gasteiger charge is -2.35. The summed E-state index contributed by atoms with van der Waals surface area (Å²) in [5, 5.41) is 14.3. The van der Waals surface area contributed by atoms with Crippen molar-refractivity contribution < 1.29 is 9.50 Å². The molecule has 2 N–H and O–H groups in total. The van der Waals surface area contributed by atoms with Crippen LogP contribution in [0.3, 0.4) is 0 Å². The molecule has 1 aliphatic heterocycles. The summed E-state index contributed by atoms with van der Waals surface area (Å²) in [6.07, 6.45) is 6.13. The molecule has 1 fully saturated rings. The molecule has 2 rings (SSSR count). The van der Waals surface area contributed by atoms with Gasteiger partial charge in [-0.25, -0.2) is 4.39 Å². The van der Waals surface area contributed by atoms with Gasteiger partial charge in [0.05, 0.1) is 11.9 Å². The first kappa shape index (κ1) is 13.4. The maximum Gasteiger partial charge on any atom is 0.141 e. The first-order chi connectivity index (χ1) is 8.66. The average molecular weight is 252 g/mol. The van der Waals surface area contributed by atoms with Gasteiger partial charge < -0.3 is 10.4 Å². The topological polar surface area (TPSA) is 45.2 Å². The second-order valence-electron chi connectivity index (χ2n) is 5.00. The number of hydrogen-bond donors (Lipinski definition) is 2. The van der Waals surface area contributed by atoms with Gasteiger partial charge in [-0.15, -0.1) is 0 Å². The van der Waals surface area contributed by atoms with Crippen molar-refractivity contribution in [3.05, 3.63) is 29.8 Å². The van der Waals surface area contributed by atoms with Crippen LogP contribution in [-0.4, -0.2) is 22.7 Å². The summed E-state index contributed by atoms with van der Waals surface area (Å²) < 4.78 is 12.9. The van der Waals surface area contributed by atoms with Crippen LogP contribution in [0.25, 0.3) is 0 Å². The van der Waals surface area contributed by atoms with E-state index >= 15 is 0 Å². The number of pyridine rings is 1. The molecule has 1 aromatic heterocycles. The van der Waals surface area contributed by atoms with Gasteiger partial charge in [-0.1, -0.05) is 19.8 Å². The van der Waals surface area contributed by atoms with Crippen LogP contribution in [0.5, 0.6) is 0 Å². The fourth-order valence-corrected chi connectivity index (χ4v) is 2.67. The molecule has 2 atom stereocenters. The average Bonchev–Trinajstić information content (AvgIpc) is 2.68. The zero-order chi connectivity index (χ0) is 13.0. The normalized spacial score (nSPS) is 24.3. The van der Waals surface area contributed by atoms with E-state index in [0.717, 1.165) is 25.8 Å². The molecule has 100 valence electrons. The predicted octanol–water partition coefficient (Wildman–Crippen LogP) is 2.35. The van der Waals surface area contributed by atoms with E-state index in [4.69, 9.17) is 0 Å². The van der Waals surface area contributed by atoms with E-state index in [1.807, 2.05) is 6.92 Å². The van der Waals surface area contributed by atoms with E-state index in [1.54, 1.807) is 6.07 Å². The van der Waals surface area contributed by atoms with E-state index < -0.39 is 5.60 Å². The van der Waals surface area contributed by atoms with E-state index in [2.05, 4.69) is 10.3 Å². The fraction of sp³-hybridized carbons (Fsp3) is 0.643. The predicted molar refractivity (Wildman–Crippen MR) is 68.6 cm³/mol. The molecule has 0 aliphatic carbocycles. The standard InChI is InChI=1S/C14H21FN2O/c1-2-14(18,12-6-4-3-5-9-16-12)13-8-7-11(15)10-17-13/h7-8,10,12,16,18H,2-6,9H2,1H3. The van der Waals surface area contributed by atoms with Crippen molar-refractivity contribution in [3.63, 3.8) is 0 Å². The zero-order valence-electron chi connectivity index (χ0n) is 10.8. The molecule has 0 aromatic carbocycles. The molecule has 4 heteroatoms. The van der Waals surface area contributed by atoms with Crippen LogP contribution in [0.1, 0.15) is 44.7 Å². The molecule has 18 heavy (non-hydrogen) atoms. The Labute approximate surface area is 107 Å². The molecular formula is C14H21FN2O. The third-order valence-electron chi connectivity index (χ3n) is 3.85. The lowest BCUT2D eigenvalue weighted by molar-refractivity contribution is -0.0128. The molecule has 0 radical (unpaired) electrons. The van der Waals surface area contributed by atoms with Crippen molar-refractivity contribution in [1.82, 2.24) is 10.3 Å². The Morgan fingerprint density at radius 3 is 2.94 bits per heavy atom. The smallest absolute Gasteiger partial charge is 0.141 e. The van der Waals surface area contributed by atoms with Crippen molar-refractivity contribution in [2.24, 2.45) is 0 Å². The molecule has 1 aromatic rings. The Bertz CT molecular complexity index is 374. The summed E-state index contributed by atoms with van der Waals surface area (Å²) in [5.74, 6) is -0.369. The Kier molecular flexibility index (Phi) is 4.30. The van der Waals surface area contributed by atoms with Crippen LogP contribution in [0.4, 0.5) is 4.39 Å². The maximum atomic E-state index is 12.9. The van der Waals surface area contributed by atoms with Crippen LogP contribution in [-0.2, 0) is 5.60 Å². The number of hydrogen-bond acceptors (Lipinski definition) is 3. The van der Waals surface area contributed by atoms with Gasteiger partial charge in [0.25, 0.3) is 0 Å². The largest absolute Gasteiger partial charge is 0.382 e.